The van der Waals surface area contributed by atoms with Crippen molar-refractivity contribution in [2.24, 2.45) is 5.92 Å². The minimum Gasteiger partial charge on any atom is -0.396 e. The van der Waals surface area contributed by atoms with Gasteiger partial charge in [0.1, 0.15) is 0 Å². The Morgan fingerprint density at radius 1 is 1.33 bits per heavy atom. The van der Waals surface area contributed by atoms with Crippen molar-refractivity contribution in [3.63, 3.8) is 0 Å². The van der Waals surface area contributed by atoms with E-state index in [1.54, 1.807) is 0 Å². The summed E-state index contributed by atoms with van der Waals surface area (Å²) in [5.74, 6) is 0.319. The van der Waals surface area contributed by atoms with Crippen LogP contribution in [0, 0.1) is 19.8 Å². The molecule has 0 fully saturated rings. The van der Waals surface area contributed by atoms with Gasteiger partial charge in [-0.1, -0.05) is 19.4 Å². The van der Waals surface area contributed by atoms with Gasteiger partial charge < -0.3 is 10.4 Å². The number of amides is 1. The van der Waals surface area contributed by atoms with E-state index in [1.165, 1.54) is 5.56 Å². The van der Waals surface area contributed by atoms with Crippen LogP contribution in [0.2, 0.25) is 0 Å². The fraction of sp³-hybridized carbons (Fsp3) is 0.533. The van der Waals surface area contributed by atoms with Crippen LogP contribution >= 0.6 is 0 Å². The van der Waals surface area contributed by atoms with E-state index < -0.39 is 0 Å². The van der Waals surface area contributed by atoms with Gasteiger partial charge in [0, 0.05) is 18.7 Å². The normalized spacial score (nSPS) is 12.2. The molecule has 1 aromatic rings. The van der Waals surface area contributed by atoms with E-state index in [0.717, 1.165) is 18.4 Å². The molecule has 0 aliphatic heterocycles. The molecule has 1 atom stereocenters. The molecule has 1 amide bonds. The number of nitrogens with one attached hydrogen (secondary N) is 1. The van der Waals surface area contributed by atoms with Gasteiger partial charge >= 0.3 is 0 Å². The van der Waals surface area contributed by atoms with Crippen molar-refractivity contribution in [1.29, 1.82) is 0 Å². The minimum absolute atomic E-state index is 0.0329. The maximum Gasteiger partial charge on any atom is 0.251 e. The molecule has 0 radical (unpaired) electrons. The average molecular weight is 249 g/mol. The maximum absolute atomic E-state index is 12.0. The van der Waals surface area contributed by atoms with Crippen LogP contribution in [0.5, 0.6) is 0 Å². The van der Waals surface area contributed by atoms with Crippen LogP contribution in [0.25, 0.3) is 0 Å². The standard InChI is InChI=1S/C15H23NO2/c1-4-13(7-8-17)10-16-15(18)14-6-5-11(2)12(3)9-14/h5-6,9,13,17H,4,7-8,10H2,1-3H3,(H,16,18). The zero-order chi connectivity index (χ0) is 13.5. The fourth-order valence-corrected chi connectivity index (χ4v) is 1.85. The largest absolute Gasteiger partial charge is 0.396 e. The van der Waals surface area contributed by atoms with Gasteiger partial charge in [-0.05, 0) is 49.4 Å². The minimum atomic E-state index is -0.0329. The molecule has 18 heavy (non-hydrogen) atoms. The Morgan fingerprint density at radius 2 is 2.06 bits per heavy atom. The summed E-state index contributed by atoms with van der Waals surface area (Å²) in [4.78, 5) is 12.0. The first-order chi connectivity index (χ1) is 8.58. The van der Waals surface area contributed by atoms with Crippen LogP contribution in [0.15, 0.2) is 18.2 Å². The van der Waals surface area contributed by atoms with Gasteiger partial charge in [-0.15, -0.1) is 0 Å². The van der Waals surface area contributed by atoms with E-state index in [4.69, 9.17) is 5.11 Å². The molecule has 1 rings (SSSR count). The Labute approximate surface area is 109 Å². The number of benzene rings is 1. The molecule has 0 aromatic heterocycles. The number of aliphatic hydroxyl groups excluding tert-OH is 1. The van der Waals surface area contributed by atoms with Gasteiger partial charge in [0.25, 0.3) is 5.91 Å². The number of aryl methyl sites for hydroxylation is 2. The molecular weight excluding hydrogens is 226 g/mol. The average Bonchev–Trinajstić information content (AvgIpc) is 2.37. The number of rotatable bonds is 6. The topological polar surface area (TPSA) is 49.3 Å². The summed E-state index contributed by atoms with van der Waals surface area (Å²) in [6, 6.07) is 5.73. The first-order valence-electron chi connectivity index (χ1n) is 6.54. The number of hydrogen-bond acceptors (Lipinski definition) is 2. The molecule has 0 spiro atoms. The first kappa shape index (κ1) is 14.7. The van der Waals surface area contributed by atoms with Gasteiger partial charge in [-0.25, -0.2) is 0 Å². The van der Waals surface area contributed by atoms with Crippen LogP contribution in [-0.2, 0) is 0 Å². The Morgan fingerprint density at radius 3 is 2.61 bits per heavy atom. The van der Waals surface area contributed by atoms with Crippen LogP contribution in [0.1, 0.15) is 41.3 Å². The molecule has 0 saturated heterocycles. The smallest absolute Gasteiger partial charge is 0.251 e. The van der Waals surface area contributed by atoms with Crippen LogP contribution in [0.4, 0.5) is 0 Å². The number of hydrogen-bond donors (Lipinski definition) is 2. The Balaban J connectivity index is 2.57. The van der Waals surface area contributed by atoms with Crippen molar-refractivity contribution < 1.29 is 9.90 Å². The van der Waals surface area contributed by atoms with E-state index >= 15 is 0 Å². The van der Waals surface area contributed by atoms with E-state index in [-0.39, 0.29) is 12.5 Å². The molecule has 0 aliphatic carbocycles. The van der Waals surface area contributed by atoms with Crippen LogP contribution < -0.4 is 5.32 Å². The second-order valence-electron chi connectivity index (χ2n) is 4.80. The molecule has 3 heteroatoms. The van der Waals surface area contributed by atoms with Gasteiger partial charge in [0.15, 0.2) is 0 Å². The molecule has 0 heterocycles. The second kappa shape index (κ2) is 7.17. The maximum atomic E-state index is 12.0. The number of carbonyl (C=O) groups is 1. The third-order valence-electron chi connectivity index (χ3n) is 3.44. The number of carbonyl (C=O) groups excluding carboxylic acids is 1. The fourth-order valence-electron chi connectivity index (χ4n) is 1.85. The first-order valence-corrected chi connectivity index (χ1v) is 6.54. The highest BCUT2D eigenvalue weighted by Gasteiger charge is 2.10. The van der Waals surface area contributed by atoms with Gasteiger partial charge in [0.05, 0.1) is 0 Å². The van der Waals surface area contributed by atoms with Gasteiger partial charge in [-0.3, -0.25) is 4.79 Å². The van der Waals surface area contributed by atoms with Crippen molar-refractivity contribution in [3.05, 3.63) is 34.9 Å². The predicted molar refractivity (Wildman–Crippen MR) is 73.7 cm³/mol. The zero-order valence-corrected chi connectivity index (χ0v) is 11.5. The van der Waals surface area contributed by atoms with Crippen molar-refractivity contribution >= 4 is 5.91 Å². The molecule has 1 unspecified atom stereocenters. The SMILES string of the molecule is CCC(CCO)CNC(=O)c1ccc(C)c(C)c1. The molecule has 0 saturated carbocycles. The summed E-state index contributed by atoms with van der Waals surface area (Å²) in [6.45, 7) is 6.92. The van der Waals surface area contributed by atoms with Gasteiger partial charge in [0.2, 0.25) is 0 Å². The lowest BCUT2D eigenvalue weighted by atomic mass is 10.0. The molecule has 0 aliphatic rings. The Hall–Kier alpha value is -1.35. The summed E-state index contributed by atoms with van der Waals surface area (Å²) in [5, 5.41) is 11.8. The van der Waals surface area contributed by atoms with E-state index in [0.29, 0.717) is 18.0 Å². The van der Waals surface area contributed by atoms with E-state index in [2.05, 4.69) is 12.2 Å². The summed E-state index contributed by atoms with van der Waals surface area (Å²) in [6.07, 6.45) is 1.71. The zero-order valence-electron chi connectivity index (χ0n) is 11.5. The Bertz CT molecular complexity index is 401. The molecular formula is C15H23NO2. The third kappa shape index (κ3) is 4.15. The summed E-state index contributed by atoms with van der Waals surface area (Å²) in [7, 11) is 0. The summed E-state index contributed by atoms with van der Waals surface area (Å²) in [5.41, 5.74) is 3.03. The third-order valence-corrected chi connectivity index (χ3v) is 3.44. The number of aliphatic hydroxyl groups is 1. The lowest BCUT2D eigenvalue weighted by Gasteiger charge is -2.14. The second-order valence-corrected chi connectivity index (χ2v) is 4.80. The monoisotopic (exact) mass is 249 g/mol. The summed E-state index contributed by atoms with van der Waals surface area (Å²) >= 11 is 0. The molecule has 3 nitrogen and oxygen atoms in total. The van der Waals surface area contributed by atoms with Crippen molar-refractivity contribution in [1.82, 2.24) is 5.32 Å². The lowest BCUT2D eigenvalue weighted by molar-refractivity contribution is 0.0943. The summed E-state index contributed by atoms with van der Waals surface area (Å²) < 4.78 is 0. The molecule has 1 aromatic carbocycles. The quantitative estimate of drug-likeness (QED) is 0.813. The van der Waals surface area contributed by atoms with E-state index in [9.17, 15) is 4.79 Å². The van der Waals surface area contributed by atoms with Crippen molar-refractivity contribution in [2.45, 2.75) is 33.6 Å². The van der Waals surface area contributed by atoms with Crippen LogP contribution in [0.3, 0.4) is 0 Å². The highest BCUT2D eigenvalue weighted by Crippen LogP contribution is 2.10. The predicted octanol–water partition coefficient (Wildman–Crippen LogP) is 2.44. The van der Waals surface area contributed by atoms with Gasteiger partial charge in [-0.2, -0.15) is 0 Å². The highest BCUT2D eigenvalue weighted by molar-refractivity contribution is 5.94. The van der Waals surface area contributed by atoms with E-state index in [1.807, 2.05) is 32.0 Å². The molecule has 0 bridgehead atoms. The van der Waals surface area contributed by atoms with Crippen LogP contribution in [-0.4, -0.2) is 24.2 Å². The molecule has 2 N–H and O–H groups in total. The molecule has 100 valence electrons. The van der Waals surface area contributed by atoms with Crippen molar-refractivity contribution in [2.75, 3.05) is 13.2 Å². The highest BCUT2D eigenvalue weighted by atomic mass is 16.3. The Kier molecular flexibility index (Phi) is 5.86. The lowest BCUT2D eigenvalue weighted by Crippen LogP contribution is -2.29. The van der Waals surface area contributed by atoms with Crippen molar-refractivity contribution in [3.8, 4) is 0 Å².